The van der Waals surface area contributed by atoms with Crippen molar-refractivity contribution in [2.24, 2.45) is 0 Å². The van der Waals surface area contributed by atoms with Crippen LogP contribution in [-0.4, -0.2) is 43.9 Å². The second kappa shape index (κ2) is 5.12. The number of pyridine rings is 1. The molecule has 0 aliphatic carbocycles. The first kappa shape index (κ1) is 13.5. The lowest BCUT2D eigenvalue weighted by Crippen LogP contribution is -2.33. The predicted octanol–water partition coefficient (Wildman–Crippen LogP) is 1.22. The first-order valence-corrected chi connectivity index (χ1v) is 8.08. The molecule has 0 saturated carbocycles. The number of hydrogen-bond acceptors (Lipinski definition) is 4. The van der Waals surface area contributed by atoms with Crippen molar-refractivity contribution in [3.63, 3.8) is 0 Å². The molecule has 5 nitrogen and oxygen atoms in total. The van der Waals surface area contributed by atoms with Gasteiger partial charge in [-0.25, -0.2) is 8.42 Å². The van der Waals surface area contributed by atoms with E-state index in [-0.39, 0.29) is 6.04 Å². The minimum atomic E-state index is -3.45. The van der Waals surface area contributed by atoms with Crippen LogP contribution in [0.4, 0.5) is 0 Å². The molecule has 0 radical (unpaired) electrons. The second-order valence-electron chi connectivity index (χ2n) is 4.96. The summed E-state index contributed by atoms with van der Waals surface area (Å²) < 4.78 is 27.1. The van der Waals surface area contributed by atoms with Gasteiger partial charge in [0.15, 0.2) is 0 Å². The van der Waals surface area contributed by atoms with Gasteiger partial charge in [-0.1, -0.05) is 6.07 Å². The normalized spacial score (nSPS) is 20.6. The maximum absolute atomic E-state index is 12.8. The Labute approximate surface area is 118 Å². The second-order valence-corrected chi connectivity index (χ2v) is 6.87. The van der Waals surface area contributed by atoms with Gasteiger partial charge in [-0.15, -0.1) is 0 Å². The van der Waals surface area contributed by atoms with Gasteiger partial charge in [0.1, 0.15) is 0 Å². The van der Waals surface area contributed by atoms with E-state index in [2.05, 4.69) is 10.3 Å². The van der Waals surface area contributed by atoms with Crippen molar-refractivity contribution >= 4 is 20.9 Å². The zero-order valence-corrected chi connectivity index (χ0v) is 12.1. The third-order valence-electron chi connectivity index (χ3n) is 3.78. The van der Waals surface area contributed by atoms with Crippen molar-refractivity contribution in [2.75, 3.05) is 20.1 Å². The van der Waals surface area contributed by atoms with Gasteiger partial charge in [-0.05, 0) is 37.7 Å². The van der Waals surface area contributed by atoms with Crippen LogP contribution in [0.25, 0.3) is 10.9 Å². The van der Waals surface area contributed by atoms with Crippen molar-refractivity contribution in [2.45, 2.75) is 17.4 Å². The molecule has 1 aliphatic rings. The summed E-state index contributed by atoms with van der Waals surface area (Å²) in [7, 11) is -1.59. The summed E-state index contributed by atoms with van der Waals surface area (Å²) in [4.78, 5) is 4.56. The fourth-order valence-electron chi connectivity index (χ4n) is 2.62. The summed E-state index contributed by atoms with van der Waals surface area (Å²) in [6.45, 7) is 1.08. The van der Waals surface area contributed by atoms with Crippen LogP contribution in [0, 0.1) is 0 Å². The number of benzene rings is 1. The Kier molecular flexibility index (Phi) is 3.45. The first-order chi connectivity index (χ1) is 9.63. The molecule has 1 aromatic carbocycles. The quantitative estimate of drug-likeness (QED) is 0.923. The van der Waals surface area contributed by atoms with Gasteiger partial charge in [-0.3, -0.25) is 4.98 Å². The Hall–Kier alpha value is -1.50. The highest BCUT2D eigenvalue weighted by molar-refractivity contribution is 7.89. The van der Waals surface area contributed by atoms with E-state index in [4.69, 9.17) is 0 Å². The van der Waals surface area contributed by atoms with E-state index in [1.54, 1.807) is 34.8 Å². The van der Waals surface area contributed by atoms with Crippen LogP contribution in [0.2, 0.25) is 0 Å². The molecule has 1 fully saturated rings. The summed E-state index contributed by atoms with van der Waals surface area (Å²) in [5, 5.41) is 3.82. The van der Waals surface area contributed by atoms with Gasteiger partial charge >= 0.3 is 0 Å². The van der Waals surface area contributed by atoms with E-state index in [1.807, 2.05) is 13.1 Å². The average molecular weight is 291 g/mol. The van der Waals surface area contributed by atoms with Crippen molar-refractivity contribution in [3.8, 4) is 0 Å². The number of aromatic nitrogens is 1. The average Bonchev–Trinajstić information content (AvgIpc) is 2.96. The summed E-state index contributed by atoms with van der Waals surface area (Å²) in [6.07, 6.45) is 2.52. The number of hydrogen-bond donors (Lipinski definition) is 1. The Morgan fingerprint density at radius 1 is 1.30 bits per heavy atom. The van der Waals surface area contributed by atoms with Gasteiger partial charge in [0, 0.05) is 30.7 Å². The third-order valence-corrected chi connectivity index (χ3v) is 5.71. The molecule has 2 heterocycles. The summed E-state index contributed by atoms with van der Waals surface area (Å²) in [5.41, 5.74) is 0.706. The Balaban J connectivity index is 2.06. The van der Waals surface area contributed by atoms with E-state index in [0.29, 0.717) is 28.9 Å². The Morgan fingerprint density at radius 3 is 2.90 bits per heavy atom. The molecule has 1 N–H and O–H groups in total. The molecule has 1 aromatic heterocycles. The third kappa shape index (κ3) is 2.19. The van der Waals surface area contributed by atoms with Crippen molar-refractivity contribution < 1.29 is 8.42 Å². The molecule has 1 atom stereocenters. The maximum Gasteiger partial charge on any atom is 0.243 e. The zero-order chi connectivity index (χ0) is 14.2. The summed E-state index contributed by atoms with van der Waals surface area (Å²) in [5.74, 6) is 0. The first-order valence-electron chi connectivity index (χ1n) is 6.64. The minimum Gasteiger partial charge on any atom is -0.316 e. The number of rotatable bonds is 3. The zero-order valence-electron chi connectivity index (χ0n) is 11.3. The van der Waals surface area contributed by atoms with Crippen LogP contribution in [0.3, 0.4) is 0 Å². The maximum atomic E-state index is 12.8. The predicted molar refractivity (Wildman–Crippen MR) is 78.0 cm³/mol. The molecule has 106 valence electrons. The monoisotopic (exact) mass is 291 g/mol. The molecule has 0 spiro atoms. The highest BCUT2D eigenvalue weighted by Crippen LogP contribution is 2.26. The molecular formula is C14H17N3O2S. The van der Waals surface area contributed by atoms with Gasteiger partial charge < -0.3 is 5.32 Å². The smallest absolute Gasteiger partial charge is 0.243 e. The number of fused-ring (bicyclic) bond motifs is 1. The lowest BCUT2D eigenvalue weighted by atomic mass is 10.2. The van der Waals surface area contributed by atoms with E-state index in [9.17, 15) is 8.42 Å². The topological polar surface area (TPSA) is 62.3 Å². The Bertz CT molecular complexity index is 725. The molecule has 1 saturated heterocycles. The fraction of sp³-hybridized carbons (Fsp3) is 0.357. The molecule has 6 heteroatoms. The van der Waals surface area contributed by atoms with Crippen LogP contribution in [0.1, 0.15) is 6.42 Å². The Morgan fingerprint density at radius 2 is 2.15 bits per heavy atom. The molecule has 2 aromatic rings. The van der Waals surface area contributed by atoms with E-state index in [1.165, 1.54) is 0 Å². The summed E-state index contributed by atoms with van der Waals surface area (Å²) in [6, 6.07) is 9.04. The van der Waals surface area contributed by atoms with Crippen LogP contribution < -0.4 is 5.32 Å². The van der Waals surface area contributed by atoms with Gasteiger partial charge in [0.25, 0.3) is 0 Å². The minimum absolute atomic E-state index is 0.234. The highest BCUT2D eigenvalue weighted by atomic mass is 32.2. The molecular weight excluding hydrogens is 274 g/mol. The summed E-state index contributed by atoms with van der Waals surface area (Å²) >= 11 is 0. The van der Waals surface area contributed by atoms with Gasteiger partial charge in [-0.2, -0.15) is 4.31 Å². The number of nitrogens with one attached hydrogen (secondary N) is 1. The van der Waals surface area contributed by atoms with Crippen LogP contribution in [0.5, 0.6) is 0 Å². The van der Waals surface area contributed by atoms with Crippen molar-refractivity contribution in [1.29, 1.82) is 0 Å². The fourth-order valence-corrected chi connectivity index (χ4v) is 4.32. The molecule has 0 bridgehead atoms. The molecule has 1 aliphatic heterocycles. The van der Waals surface area contributed by atoms with E-state index < -0.39 is 10.0 Å². The number of likely N-dealkylation sites (N-methyl/N-ethyl adjacent to an activating group) is 1. The molecule has 3 rings (SSSR count). The van der Waals surface area contributed by atoms with Crippen molar-refractivity contribution in [1.82, 2.24) is 14.6 Å². The molecule has 1 unspecified atom stereocenters. The largest absolute Gasteiger partial charge is 0.316 e. The van der Waals surface area contributed by atoms with Crippen molar-refractivity contribution in [3.05, 3.63) is 36.5 Å². The molecule has 0 amide bonds. The van der Waals surface area contributed by atoms with E-state index >= 15 is 0 Å². The van der Waals surface area contributed by atoms with Gasteiger partial charge in [0.05, 0.1) is 10.4 Å². The van der Waals surface area contributed by atoms with Crippen LogP contribution in [-0.2, 0) is 10.0 Å². The van der Waals surface area contributed by atoms with Crippen LogP contribution in [0.15, 0.2) is 41.4 Å². The molecule has 20 heavy (non-hydrogen) atoms. The number of sulfonamides is 1. The standard InChI is InChI=1S/C14H17N3O2S/c1-15-11-7-9-17(10-11)20(18,19)14-6-2-5-13-12(14)4-3-8-16-13/h2-6,8,11,15H,7,9-10H2,1H3. The van der Waals surface area contributed by atoms with E-state index in [0.717, 1.165) is 6.42 Å². The van der Waals surface area contributed by atoms with Gasteiger partial charge in [0.2, 0.25) is 10.0 Å². The lowest BCUT2D eigenvalue weighted by molar-refractivity contribution is 0.465. The van der Waals surface area contributed by atoms with Crippen LogP contribution >= 0.6 is 0 Å². The SMILES string of the molecule is CNC1CCN(S(=O)(=O)c2cccc3ncccc23)C1. The highest BCUT2D eigenvalue weighted by Gasteiger charge is 2.32. The lowest BCUT2D eigenvalue weighted by Gasteiger charge is -2.17. The number of nitrogens with zero attached hydrogens (tertiary/aromatic N) is 2.